The van der Waals surface area contributed by atoms with E-state index in [-0.39, 0.29) is 5.91 Å². The first-order valence-corrected chi connectivity index (χ1v) is 15.2. The second kappa shape index (κ2) is 20.4. The second-order valence-electron chi connectivity index (χ2n) is 10.4. The quantitative estimate of drug-likeness (QED) is 0.125. The van der Waals surface area contributed by atoms with Crippen molar-refractivity contribution < 1.29 is 18.8 Å². The van der Waals surface area contributed by atoms with Crippen LogP contribution in [0.2, 0.25) is 0 Å². The summed E-state index contributed by atoms with van der Waals surface area (Å²) in [6.07, 6.45) is 24.1. The van der Waals surface area contributed by atoms with Gasteiger partial charge in [0.15, 0.2) is 12.4 Å². The van der Waals surface area contributed by atoms with Gasteiger partial charge < -0.3 is 14.8 Å². The van der Waals surface area contributed by atoms with E-state index in [0.29, 0.717) is 24.5 Å². The summed E-state index contributed by atoms with van der Waals surface area (Å²) >= 11 is 0. The molecule has 0 spiro atoms. The van der Waals surface area contributed by atoms with Crippen LogP contribution < -0.4 is 19.4 Å². The Morgan fingerprint density at radius 2 is 1.34 bits per heavy atom. The molecule has 38 heavy (non-hydrogen) atoms. The molecular weight excluding hydrogens is 472 g/mol. The molecule has 1 aromatic carbocycles. The van der Waals surface area contributed by atoms with Gasteiger partial charge in [-0.3, -0.25) is 4.79 Å². The SMILES string of the molecule is CCCCCCCCCCCCCCCCOc1ccc(C(=O)NCc2cc[n+](CCC)cc2)c(OC)c1. The molecule has 0 aliphatic carbocycles. The van der Waals surface area contributed by atoms with Crippen LogP contribution in [0, 0.1) is 0 Å². The average Bonchev–Trinajstić information content (AvgIpc) is 2.94. The van der Waals surface area contributed by atoms with E-state index in [2.05, 4.69) is 36.1 Å². The van der Waals surface area contributed by atoms with E-state index in [4.69, 9.17) is 9.47 Å². The van der Waals surface area contributed by atoms with Crippen molar-refractivity contribution in [3.63, 3.8) is 0 Å². The van der Waals surface area contributed by atoms with Crippen LogP contribution >= 0.6 is 0 Å². The minimum absolute atomic E-state index is 0.148. The zero-order chi connectivity index (χ0) is 27.3. The highest BCUT2D eigenvalue weighted by Crippen LogP contribution is 2.25. The lowest BCUT2D eigenvalue weighted by Crippen LogP contribution is -2.32. The van der Waals surface area contributed by atoms with Crippen LogP contribution in [-0.4, -0.2) is 19.6 Å². The molecule has 0 atom stereocenters. The number of rotatable bonds is 22. The molecule has 0 bridgehead atoms. The Morgan fingerprint density at radius 3 is 1.89 bits per heavy atom. The molecule has 0 fully saturated rings. The van der Waals surface area contributed by atoms with Gasteiger partial charge in [-0.25, -0.2) is 4.57 Å². The summed E-state index contributed by atoms with van der Waals surface area (Å²) in [6, 6.07) is 9.55. The van der Waals surface area contributed by atoms with Crippen LogP contribution in [0.3, 0.4) is 0 Å². The Kier molecular flexibility index (Phi) is 17.0. The molecular formula is C33H53N2O3+. The van der Waals surface area contributed by atoms with Gasteiger partial charge in [-0.1, -0.05) is 97.3 Å². The molecule has 0 saturated carbocycles. The number of nitrogens with one attached hydrogen (secondary N) is 1. The number of unbranched alkanes of at least 4 members (excludes halogenated alkanes) is 13. The predicted molar refractivity (Wildman–Crippen MR) is 157 cm³/mol. The lowest BCUT2D eigenvalue weighted by atomic mass is 10.0. The molecule has 212 valence electrons. The van der Waals surface area contributed by atoms with E-state index in [9.17, 15) is 4.79 Å². The Bertz CT molecular complexity index is 882. The number of hydrogen-bond donors (Lipinski definition) is 1. The number of ether oxygens (including phenoxy) is 2. The van der Waals surface area contributed by atoms with E-state index in [1.54, 1.807) is 13.2 Å². The number of aryl methyl sites for hydroxylation is 1. The van der Waals surface area contributed by atoms with Crippen LogP contribution in [0.15, 0.2) is 42.7 Å². The van der Waals surface area contributed by atoms with Crippen molar-refractivity contribution in [2.24, 2.45) is 0 Å². The molecule has 0 radical (unpaired) electrons. The summed E-state index contributed by atoms with van der Waals surface area (Å²) in [4.78, 5) is 12.7. The minimum atomic E-state index is -0.148. The maximum Gasteiger partial charge on any atom is 0.255 e. The Hall–Kier alpha value is -2.56. The highest BCUT2D eigenvalue weighted by atomic mass is 16.5. The number of carbonyl (C=O) groups is 1. The molecule has 1 heterocycles. The number of nitrogens with zero attached hydrogens (tertiary/aromatic N) is 1. The third kappa shape index (κ3) is 13.3. The number of aromatic nitrogens is 1. The molecule has 2 rings (SSSR count). The molecule has 0 unspecified atom stereocenters. The molecule has 1 amide bonds. The van der Waals surface area contributed by atoms with Crippen LogP contribution in [0.1, 0.15) is 126 Å². The normalized spacial score (nSPS) is 10.9. The van der Waals surface area contributed by atoms with Gasteiger partial charge in [0.2, 0.25) is 0 Å². The summed E-state index contributed by atoms with van der Waals surface area (Å²) in [5.74, 6) is 1.14. The van der Waals surface area contributed by atoms with Crippen molar-refractivity contribution >= 4 is 5.91 Å². The zero-order valence-electron chi connectivity index (χ0n) is 24.4. The predicted octanol–water partition coefficient (Wildman–Crippen LogP) is 8.18. The summed E-state index contributed by atoms with van der Waals surface area (Å²) in [5.41, 5.74) is 1.59. The number of pyridine rings is 1. The van der Waals surface area contributed by atoms with E-state index < -0.39 is 0 Å². The molecule has 1 N–H and O–H groups in total. The summed E-state index contributed by atoms with van der Waals surface area (Å²) in [6.45, 7) is 6.61. The number of hydrogen-bond acceptors (Lipinski definition) is 3. The van der Waals surface area contributed by atoms with Gasteiger partial charge in [-0.05, 0) is 24.1 Å². The fourth-order valence-corrected chi connectivity index (χ4v) is 4.73. The smallest absolute Gasteiger partial charge is 0.255 e. The standard InChI is InChI=1S/C33H52N2O3/c1-4-6-7-8-9-10-11-12-13-14-15-16-17-18-26-38-30-19-20-31(32(27-30)37-3)33(36)34-28-29-21-24-35(23-5-2)25-22-29/h19-22,24-25,27H,4-18,23,26,28H2,1-3H3/p+1. The van der Waals surface area contributed by atoms with Crippen molar-refractivity contribution in [3.05, 3.63) is 53.9 Å². The number of methoxy groups -OCH3 is 1. The van der Waals surface area contributed by atoms with E-state index in [1.165, 1.54) is 83.5 Å². The van der Waals surface area contributed by atoms with Gasteiger partial charge in [0, 0.05) is 31.2 Å². The molecule has 1 aromatic heterocycles. The summed E-state index contributed by atoms with van der Waals surface area (Å²) in [5, 5.41) is 2.99. The van der Waals surface area contributed by atoms with Gasteiger partial charge in [-0.15, -0.1) is 0 Å². The maximum absolute atomic E-state index is 12.7. The van der Waals surface area contributed by atoms with Crippen molar-refractivity contribution in [2.75, 3.05) is 13.7 Å². The summed E-state index contributed by atoms with van der Waals surface area (Å²) in [7, 11) is 1.59. The van der Waals surface area contributed by atoms with Crippen LogP contribution in [0.4, 0.5) is 0 Å². The Morgan fingerprint density at radius 1 is 0.763 bits per heavy atom. The van der Waals surface area contributed by atoms with Crippen molar-refractivity contribution in [1.82, 2.24) is 5.32 Å². The second-order valence-corrected chi connectivity index (χ2v) is 10.4. The average molecular weight is 526 g/mol. The maximum atomic E-state index is 12.7. The zero-order valence-corrected chi connectivity index (χ0v) is 24.4. The third-order valence-electron chi connectivity index (χ3n) is 7.08. The van der Waals surface area contributed by atoms with E-state index in [0.717, 1.165) is 30.7 Å². The highest BCUT2D eigenvalue weighted by molar-refractivity contribution is 5.97. The number of amides is 1. The third-order valence-corrected chi connectivity index (χ3v) is 7.08. The first-order chi connectivity index (χ1) is 18.7. The van der Waals surface area contributed by atoms with Crippen molar-refractivity contribution in [3.8, 4) is 11.5 Å². The summed E-state index contributed by atoms with van der Waals surface area (Å²) < 4.78 is 13.6. The van der Waals surface area contributed by atoms with E-state index in [1.807, 2.05) is 24.3 Å². The fourth-order valence-electron chi connectivity index (χ4n) is 4.73. The molecule has 0 aliphatic heterocycles. The first kappa shape index (κ1) is 31.7. The fraction of sp³-hybridized carbons (Fsp3) is 0.636. The topological polar surface area (TPSA) is 51.4 Å². The van der Waals surface area contributed by atoms with E-state index >= 15 is 0 Å². The largest absolute Gasteiger partial charge is 0.496 e. The lowest BCUT2D eigenvalue weighted by molar-refractivity contribution is -0.697. The van der Waals surface area contributed by atoms with Gasteiger partial charge in [0.1, 0.15) is 18.0 Å². The molecule has 0 aliphatic rings. The van der Waals surface area contributed by atoms with Crippen LogP contribution in [-0.2, 0) is 13.1 Å². The first-order valence-electron chi connectivity index (χ1n) is 15.2. The van der Waals surface area contributed by atoms with Crippen molar-refractivity contribution in [2.45, 2.75) is 123 Å². The lowest BCUT2D eigenvalue weighted by Gasteiger charge is -2.12. The molecule has 0 saturated heterocycles. The Balaban J connectivity index is 1.57. The van der Waals surface area contributed by atoms with Gasteiger partial charge >= 0.3 is 0 Å². The molecule has 5 heteroatoms. The van der Waals surface area contributed by atoms with Gasteiger partial charge in [-0.2, -0.15) is 0 Å². The minimum Gasteiger partial charge on any atom is -0.496 e. The molecule has 2 aromatic rings. The van der Waals surface area contributed by atoms with Crippen molar-refractivity contribution in [1.29, 1.82) is 0 Å². The number of benzene rings is 1. The monoisotopic (exact) mass is 525 g/mol. The molecule has 5 nitrogen and oxygen atoms in total. The van der Waals surface area contributed by atoms with Gasteiger partial charge in [0.05, 0.1) is 19.3 Å². The van der Waals surface area contributed by atoms with Gasteiger partial charge in [0.25, 0.3) is 5.91 Å². The number of carbonyl (C=O) groups excluding carboxylic acids is 1. The van der Waals surface area contributed by atoms with Crippen LogP contribution in [0.25, 0.3) is 0 Å². The highest BCUT2D eigenvalue weighted by Gasteiger charge is 2.13. The Labute approximate surface area is 232 Å². The van der Waals surface area contributed by atoms with Crippen LogP contribution in [0.5, 0.6) is 11.5 Å².